The zero-order valence-electron chi connectivity index (χ0n) is 14.3. The first-order valence-corrected chi connectivity index (χ1v) is 8.38. The number of aryl methyl sites for hydroxylation is 1. The first kappa shape index (κ1) is 18.1. The number of nitrogens with one attached hydrogen (secondary N) is 1. The van der Waals surface area contributed by atoms with E-state index in [1.165, 1.54) is 18.3 Å². The largest absolute Gasteiger partial charge is 0.465 e. The SMILES string of the molecule is Cc1cc(Cl)cnc1C(=O)Nc1ccc(F)c([C@]2(C)CCOC(N)=N2)c1. The topological polar surface area (TPSA) is 89.6 Å². The van der Waals surface area contributed by atoms with Gasteiger partial charge in [0.25, 0.3) is 11.9 Å². The number of benzene rings is 1. The first-order valence-electron chi connectivity index (χ1n) is 8.00. The van der Waals surface area contributed by atoms with E-state index in [1.807, 2.05) is 0 Å². The van der Waals surface area contributed by atoms with E-state index in [-0.39, 0.29) is 11.7 Å². The molecule has 1 atom stereocenters. The molecule has 0 saturated heterocycles. The summed E-state index contributed by atoms with van der Waals surface area (Å²) >= 11 is 5.86. The molecule has 0 saturated carbocycles. The lowest BCUT2D eigenvalue weighted by Gasteiger charge is -2.30. The predicted molar refractivity (Wildman–Crippen MR) is 97.9 cm³/mol. The molecule has 1 aromatic heterocycles. The predicted octanol–water partition coefficient (Wildman–Crippen LogP) is 3.39. The third-order valence-corrected chi connectivity index (χ3v) is 4.47. The number of carbonyl (C=O) groups excluding carboxylic acids is 1. The molecule has 0 aliphatic carbocycles. The van der Waals surface area contributed by atoms with Gasteiger partial charge < -0.3 is 15.8 Å². The van der Waals surface area contributed by atoms with E-state index < -0.39 is 17.3 Å². The van der Waals surface area contributed by atoms with Crippen LogP contribution in [0.4, 0.5) is 10.1 Å². The number of halogens is 2. The van der Waals surface area contributed by atoms with Crippen molar-refractivity contribution in [3.8, 4) is 0 Å². The van der Waals surface area contributed by atoms with Gasteiger partial charge >= 0.3 is 0 Å². The molecule has 136 valence electrons. The fraction of sp³-hybridized carbons (Fsp3) is 0.278. The van der Waals surface area contributed by atoms with Crippen molar-refractivity contribution in [1.29, 1.82) is 0 Å². The zero-order valence-corrected chi connectivity index (χ0v) is 15.1. The lowest BCUT2D eigenvalue weighted by Crippen LogP contribution is -2.34. The van der Waals surface area contributed by atoms with Crippen molar-refractivity contribution in [1.82, 2.24) is 4.98 Å². The summed E-state index contributed by atoms with van der Waals surface area (Å²) in [6, 6.07) is 6.01. The molecule has 26 heavy (non-hydrogen) atoms. The summed E-state index contributed by atoms with van der Waals surface area (Å²) in [6.45, 7) is 3.86. The lowest BCUT2D eigenvalue weighted by molar-refractivity contribution is 0.102. The Morgan fingerprint density at radius 2 is 2.19 bits per heavy atom. The van der Waals surface area contributed by atoms with Gasteiger partial charge in [-0.15, -0.1) is 0 Å². The van der Waals surface area contributed by atoms with Crippen LogP contribution in [-0.2, 0) is 10.3 Å². The highest BCUT2D eigenvalue weighted by atomic mass is 35.5. The maximum absolute atomic E-state index is 14.4. The summed E-state index contributed by atoms with van der Waals surface area (Å²) in [5.74, 6) is -0.832. The van der Waals surface area contributed by atoms with Gasteiger partial charge in [-0.3, -0.25) is 4.79 Å². The molecule has 3 rings (SSSR count). The number of pyridine rings is 1. The Balaban J connectivity index is 1.90. The maximum atomic E-state index is 14.4. The molecule has 2 aromatic rings. The Morgan fingerprint density at radius 1 is 1.42 bits per heavy atom. The minimum atomic E-state index is -0.860. The molecule has 1 aliphatic heterocycles. The van der Waals surface area contributed by atoms with Crippen molar-refractivity contribution < 1.29 is 13.9 Å². The standard InChI is InChI=1S/C18H18ClFN4O2/c1-10-7-11(19)9-22-15(10)16(25)23-12-3-4-14(20)13(8-12)18(2)5-6-26-17(21)24-18/h3-4,7-9H,5-6H2,1-2H3,(H2,21,24)(H,23,25)/t18-/m0/s1. The normalized spacial score (nSPS) is 19.5. The van der Waals surface area contributed by atoms with Crippen LogP contribution in [0.3, 0.4) is 0 Å². The lowest BCUT2D eigenvalue weighted by atomic mass is 9.88. The summed E-state index contributed by atoms with van der Waals surface area (Å²) in [7, 11) is 0. The number of anilines is 1. The van der Waals surface area contributed by atoms with Crippen molar-refractivity contribution in [3.05, 3.63) is 58.1 Å². The Morgan fingerprint density at radius 3 is 2.88 bits per heavy atom. The van der Waals surface area contributed by atoms with Crippen LogP contribution in [0.15, 0.2) is 35.5 Å². The minimum absolute atomic E-state index is 0.0218. The summed E-state index contributed by atoms with van der Waals surface area (Å²) in [5.41, 5.74) is 6.44. The highest BCUT2D eigenvalue weighted by Gasteiger charge is 2.33. The second kappa shape index (κ2) is 6.92. The molecule has 0 radical (unpaired) electrons. The molecular formula is C18H18ClFN4O2. The summed E-state index contributed by atoms with van der Waals surface area (Å²) in [4.78, 5) is 20.8. The molecule has 0 unspecified atom stereocenters. The van der Waals surface area contributed by atoms with Crippen LogP contribution in [0.5, 0.6) is 0 Å². The van der Waals surface area contributed by atoms with Gasteiger partial charge in [-0.1, -0.05) is 11.6 Å². The van der Waals surface area contributed by atoms with Crippen molar-refractivity contribution in [2.24, 2.45) is 10.7 Å². The summed E-state index contributed by atoms with van der Waals surface area (Å²) < 4.78 is 19.5. The third kappa shape index (κ3) is 3.62. The molecule has 2 heterocycles. The number of aromatic nitrogens is 1. The van der Waals surface area contributed by atoms with Crippen LogP contribution in [0.2, 0.25) is 5.02 Å². The second-order valence-corrected chi connectivity index (χ2v) is 6.73. The zero-order chi connectivity index (χ0) is 18.9. The van der Waals surface area contributed by atoms with Crippen LogP contribution in [0, 0.1) is 12.7 Å². The van der Waals surface area contributed by atoms with Crippen LogP contribution < -0.4 is 11.1 Å². The number of nitrogens with two attached hydrogens (primary N) is 1. The molecular weight excluding hydrogens is 359 g/mol. The van der Waals surface area contributed by atoms with Gasteiger partial charge in [0.15, 0.2) is 0 Å². The number of aliphatic imine (C=N–C) groups is 1. The maximum Gasteiger partial charge on any atom is 0.282 e. The molecule has 0 spiro atoms. The first-order chi connectivity index (χ1) is 12.3. The van der Waals surface area contributed by atoms with E-state index in [0.717, 1.165) is 0 Å². The van der Waals surface area contributed by atoms with Crippen molar-refractivity contribution in [2.75, 3.05) is 11.9 Å². The van der Waals surface area contributed by atoms with Crippen molar-refractivity contribution >= 4 is 29.2 Å². The molecule has 1 aromatic carbocycles. The Kier molecular flexibility index (Phi) is 4.82. The average molecular weight is 377 g/mol. The number of amidine groups is 1. The van der Waals surface area contributed by atoms with Gasteiger partial charge in [-0.25, -0.2) is 14.4 Å². The van der Waals surface area contributed by atoms with Gasteiger partial charge in [-0.05, 0) is 43.7 Å². The summed E-state index contributed by atoms with van der Waals surface area (Å²) in [5, 5.41) is 3.18. The van der Waals surface area contributed by atoms with Crippen molar-refractivity contribution in [2.45, 2.75) is 25.8 Å². The van der Waals surface area contributed by atoms with Gasteiger partial charge in [0, 0.05) is 23.9 Å². The van der Waals surface area contributed by atoms with E-state index in [2.05, 4.69) is 15.3 Å². The quantitative estimate of drug-likeness (QED) is 0.859. The number of ether oxygens (including phenoxy) is 1. The van der Waals surface area contributed by atoms with E-state index in [4.69, 9.17) is 22.1 Å². The van der Waals surface area contributed by atoms with Gasteiger partial charge in [0.05, 0.1) is 17.2 Å². The monoisotopic (exact) mass is 376 g/mol. The number of amides is 1. The number of nitrogens with zero attached hydrogens (tertiary/aromatic N) is 2. The molecule has 1 amide bonds. The average Bonchev–Trinajstić information content (AvgIpc) is 2.56. The minimum Gasteiger partial charge on any atom is -0.465 e. The third-order valence-electron chi connectivity index (χ3n) is 4.26. The number of hydrogen-bond acceptors (Lipinski definition) is 5. The van der Waals surface area contributed by atoms with Gasteiger partial charge in [0.1, 0.15) is 11.5 Å². The van der Waals surface area contributed by atoms with E-state index in [9.17, 15) is 9.18 Å². The van der Waals surface area contributed by atoms with E-state index >= 15 is 0 Å². The van der Waals surface area contributed by atoms with Crippen LogP contribution in [0.25, 0.3) is 0 Å². The van der Waals surface area contributed by atoms with E-state index in [1.54, 1.807) is 26.0 Å². The second-order valence-electron chi connectivity index (χ2n) is 6.29. The highest BCUT2D eigenvalue weighted by molar-refractivity contribution is 6.30. The van der Waals surface area contributed by atoms with Crippen LogP contribution in [0.1, 0.15) is 35.0 Å². The van der Waals surface area contributed by atoms with E-state index in [0.29, 0.717) is 34.9 Å². The van der Waals surface area contributed by atoms with Gasteiger partial charge in [-0.2, -0.15) is 0 Å². The molecule has 0 bridgehead atoms. The fourth-order valence-electron chi connectivity index (χ4n) is 2.86. The molecule has 8 heteroatoms. The number of hydrogen-bond donors (Lipinski definition) is 2. The molecule has 3 N–H and O–H groups in total. The molecule has 1 aliphatic rings. The molecule has 6 nitrogen and oxygen atoms in total. The number of rotatable bonds is 3. The Labute approximate surface area is 155 Å². The Hall–Kier alpha value is -2.67. The Bertz CT molecular complexity index is 903. The fourth-order valence-corrected chi connectivity index (χ4v) is 3.08. The smallest absolute Gasteiger partial charge is 0.282 e. The summed E-state index contributed by atoms with van der Waals surface area (Å²) in [6.07, 6.45) is 1.87. The highest BCUT2D eigenvalue weighted by Crippen LogP contribution is 2.35. The van der Waals surface area contributed by atoms with Crippen LogP contribution in [-0.4, -0.2) is 23.5 Å². The van der Waals surface area contributed by atoms with Gasteiger partial charge in [0.2, 0.25) is 0 Å². The van der Waals surface area contributed by atoms with Crippen LogP contribution >= 0.6 is 11.6 Å². The van der Waals surface area contributed by atoms with Crippen molar-refractivity contribution in [3.63, 3.8) is 0 Å². The molecule has 0 fully saturated rings. The number of carbonyl (C=O) groups is 1.